The van der Waals surface area contributed by atoms with Crippen LogP contribution >= 0.6 is 11.6 Å². The minimum atomic E-state index is -0.496. The lowest BCUT2D eigenvalue weighted by atomic mass is 10.1. The fourth-order valence-corrected chi connectivity index (χ4v) is 2.43. The van der Waals surface area contributed by atoms with E-state index in [4.69, 9.17) is 22.1 Å². The number of carbonyl (C=O) groups is 1. The Morgan fingerprint density at radius 1 is 1.50 bits per heavy atom. The van der Waals surface area contributed by atoms with Gasteiger partial charge < -0.3 is 20.7 Å². The van der Waals surface area contributed by atoms with Gasteiger partial charge in [-0.15, -0.1) is 10.2 Å². The minimum Gasteiger partial charge on any atom is -0.444 e. The van der Waals surface area contributed by atoms with Crippen LogP contribution in [0.3, 0.4) is 0 Å². The zero-order valence-electron chi connectivity index (χ0n) is 13.1. The number of amides is 1. The summed E-state index contributed by atoms with van der Waals surface area (Å²) in [5.74, 6) is 0.487. The number of nitrogen functional groups attached to an aromatic ring is 1. The van der Waals surface area contributed by atoms with Crippen LogP contribution in [0.4, 0.5) is 16.3 Å². The molecule has 0 aliphatic carbocycles. The van der Waals surface area contributed by atoms with Gasteiger partial charge in [-0.25, -0.2) is 4.79 Å². The van der Waals surface area contributed by atoms with Crippen LogP contribution in [0.25, 0.3) is 0 Å². The summed E-state index contributed by atoms with van der Waals surface area (Å²) in [7, 11) is 0. The van der Waals surface area contributed by atoms with Gasteiger partial charge in [0, 0.05) is 25.2 Å². The highest BCUT2D eigenvalue weighted by Crippen LogP contribution is 2.22. The summed E-state index contributed by atoms with van der Waals surface area (Å²) in [6, 6.07) is 1.60. The van der Waals surface area contributed by atoms with E-state index in [1.807, 2.05) is 20.8 Å². The summed E-state index contributed by atoms with van der Waals surface area (Å²) in [5.41, 5.74) is 5.80. The van der Waals surface area contributed by atoms with Crippen molar-refractivity contribution in [3.05, 3.63) is 11.2 Å². The van der Waals surface area contributed by atoms with Crippen molar-refractivity contribution in [3.8, 4) is 0 Å². The number of hydrogen-bond acceptors (Lipinski definition) is 6. The molecule has 2 rings (SSSR count). The van der Waals surface area contributed by atoms with E-state index in [0.29, 0.717) is 24.6 Å². The van der Waals surface area contributed by atoms with E-state index in [2.05, 4.69) is 15.5 Å². The van der Waals surface area contributed by atoms with E-state index in [1.165, 1.54) is 0 Å². The van der Waals surface area contributed by atoms with Crippen molar-refractivity contribution in [2.75, 3.05) is 24.1 Å². The minimum absolute atomic E-state index is 0.0547. The van der Waals surface area contributed by atoms with Crippen molar-refractivity contribution >= 4 is 29.2 Å². The third kappa shape index (κ3) is 4.62. The molecule has 0 spiro atoms. The molecule has 0 unspecified atom stereocenters. The van der Waals surface area contributed by atoms with Gasteiger partial charge in [-0.1, -0.05) is 11.6 Å². The monoisotopic (exact) mass is 327 g/mol. The standard InChI is InChI=1S/C14H22ClN5O2/c1-14(2,3)22-13(21)20-6-4-5-9(8-20)17-12-10(16)7-11(15)18-19-12/h7,9H,4-6,8H2,1-3H3,(H2,16,18)(H,17,19)/t9-/m1/s1. The number of rotatable bonds is 2. The highest BCUT2D eigenvalue weighted by atomic mass is 35.5. The molecular formula is C14H22ClN5O2. The van der Waals surface area contributed by atoms with Gasteiger partial charge in [0.05, 0.1) is 5.69 Å². The maximum Gasteiger partial charge on any atom is 0.410 e. The first-order valence-electron chi connectivity index (χ1n) is 7.28. The second kappa shape index (κ2) is 6.56. The van der Waals surface area contributed by atoms with Crippen LogP contribution in [0.15, 0.2) is 6.07 Å². The Morgan fingerprint density at radius 3 is 2.86 bits per heavy atom. The van der Waals surface area contributed by atoms with Crippen LogP contribution in [0.1, 0.15) is 33.6 Å². The lowest BCUT2D eigenvalue weighted by Gasteiger charge is -2.34. The van der Waals surface area contributed by atoms with E-state index >= 15 is 0 Å². The molecule has 0 bridgehead atoms. The molecule has 1 amide bonds. The summed E-state index contributed by atoms with van der Waals surface area (Å²) >= 11 is 5.74. The number of nitrogens with one attached hydrogen (secondary N) is 1. The molecule has 1 aromatic heterocycles. The molecule has 1 fully saturated rings. The Kier molecular flexibility index (Phi) is 4.95. The van der Waals surface area contributed by atoms with Gasteiger partial charge in [0.2, 0.25) is 0 Å². The first kappa shape index (κ1) is 16.6. The van der Waals surface area contributed by atoms with Gasteiger partial charge in [-0.05, 0) is 33.6 Å². The second-order valence-electron chi connectivity index (χ2n) is 6.38. The number of nitrogens with two attached hydrogens (primary N) is 1. The van der Waals surface area contributed by atoms with Crippen molar-refractivity contribution in [2.45, 2.75) is 45.3 Å². The molecule has 1 saturated heterocycles. The largest absolute Gasteiger partial charge is 0.444 e. The number of piperidine rings is 1. The number of halogens is 1. The molecule has 0 radical (unpaired) electrons. The summed E-state index contributed by atoms with van der Waals surface area (Å²) in [6.45, 7) is 6.80. The van der Waals surface area contributed by atoms with Crippen molar-refractivity contribution in [2.24, 2.45) is 0 Å². The molecule has 1 aliphatic heterocycles. The van der Waals surface area contributed by atoms with Crippen molar-refractivity contribution in [1.82, 2.24) is 15.1 Å². The van der Waals surface area contributed by atoms with Crippen molar-refractivity contribution in [3.63, 3.8) is 0 Å². The third-order valence-corrected chi connectivity index (χ3v) is 3.39. The third-order valence-electron chi connectivity index (χ3n) is 3.21. The van der Waals surface area contributed by atoms with Gasteiger partial charge >= 0.3 is 6.09 Å². The average Bonchev–Trinajstić information content (AvgIpc) is 2.40. The first-order valence-corrected chi connectivity index (χ1v) is 7.65. The number of anilines is 2. The summed E-state index contributed by atoms with van der Waals surface area (Å²) in [6.07, 6.45) is 1.51. The highest BCUT2D eigenvalue weighted by molar-refractivity contribution is 6.29. The van der Waals surface area contributed by atoms with Gasteiger partial charge in [0.1, 0.15) is 5.60 Å². The number of carbonyl (C=O) groups excluding carboxylic acids is 1. The lowest BCUT2D eigenvalue weighted by Crippen LogP contribution is -2.47. The Balaban J connectivity index is 1.97. The number of ether oxygens (including phenoxy) is 1. The molecule has 0 aromatic carbocycles. The van der Waals surface area contributed by atoms with E-state index in [0.717, 1.165) is 12.8 Å². The highest BCUT2D eigenvalue weighted by Gasteiger charge is 2.28. The predicted octanol–water partition coefficient (Wildman–Crippen LogP) is 2.52. The van der Waals surface area contributed by atoms with Gasteiger partial charge in [0.25, 0.3) is 0 Å². The van der Waals surface area contributed by atoms with E-state index in [9.17, 15) is 4.79 Å². The maximum atomic E-state index is 12.1. The van der Waals surface area contributed by atoms with E-state index < -0.39 is 5.60 Å². The first-order chi connectivity index (χ1) is 10.2. The Labute approximate surface area is 135 Å². The fraction of sp³-hybridized carbons (Fsp3) is 0.643. The average molecular weight is 328 g/mol. The molecule has 8 heteroatoms. The van der Waals surface area contributed by atoms with Crippen molar-refractivity contribution in [1.29, 1.82) is 0 Å². The second-order valence-corrected chi connectivity index (χ2v) is 6.77. The molecular weight excluding hydrogens is 306 g/mol. The van der Waals surface area contributed by atoms with E-state index in [1.54, 1.807) is 11.0 Å². The lowest BCUT2D eigenvalue weighted by molar-refractivity contribution is 0.0206. The molecule has 0 saturated carbocycles. The van der Waals surface area contributed by atoms with Crippen LogP contribution in [0, 0.1) is 0 Å². The summed E-state index contributed by atoms with van der Waals surface area (Å²) in [5, 5.41) is 11.2. The van der Waals surface area contributed by atoms with Crippen LogP contribution in [-0.2, 0) is 4.74 Å². The zero-order chi connectivity index (χ0) is 16.3. The maximum absolute atomic E-state index is 12.1. The number of likely N-dealkylation sites (tertiary alicyclic amines) is 1. The fourth-order valence-electron chi connectivity index (χ4n) is 2.27. The Morgan fingerprint density at radius 2 is 2.23 bits per heavy atom. The number of hydrogen-bond donors (Lipinski definition) is 2. The molecule has 1 aromatic rings. The quantitative estimate of drug-likeness (QED) is 0.867. The summed E-state index contributed by atoms with van der Waals surface area (Å²) in [4.78, 5) is 13.8. The SMILES string of the molecule is CC(C)(C)OC(=O)N1CCC[C@@H](Nc2nnc(Cl)cc2N)C1. The molecule has 7 nitrogen and oxygen atoms in total. The summed E-state index contributed by atoms with van der Waals surface area (Å²) < 4.78 is 5.40. The van der Waals surface area contributed by atoms with Crippen LogP contribution in [0.5, 0.6) is 0 Å². The Hall–Kier alpha value is -1.76. The van der Waals surface area contributed by atoms with Gasteiger partial charge in [-0.3, -0.25) is 0 Å². The predicted molar refractivity (Wildman–Crippen MR) is 85.9 cm³/mol. The normalized spacial score (nSPS) is 18.9. The Bertz CT molecular complexity index is 547. The van der Waals surface area contributed by atoms with Gasteiger partial charge in [0.15, 0.2) is 11.0 Å². The zero-order valence-corrected chi connectivity index (χ0v) is 13.9. The number of aromatic nitrogens is 2. The topological polar surface area (TPSA) is 93.4 Å². The smallest absolute Gasteiger partial charge is 0.410 e. The molecule has 1 aliphatic rings. The molecule has 2 heterocycles. The molecule has 122 valence electrons. The van der Waals surface area contributed by atoms with Crippen LogP contribution in [-0.4, -0.2) is 45.9 Å². The molecule has 3 N–H and O–H groups in total. The number of nitrogens with zero attached hydrogens (tertiary/aromatic N) is 3. The molecule has 1 atom stereocenters. The van der Waals surface area contributed by atoms with E-state index in [-0.39, 0.29) is 17.3 Å². The van der Waals surface area contributed by atoms with Crippen LogP contribution in [0.2, 0.25) is 5.15 Å². The van der Waals surface area contributed by atoms with Gasteiger partial charge in [-0.2, -0.15) is 0 Å². The van der Waals surface area contributed by atoms with Crippen molar-refractivity contribution < 1.29 is 9.53 Å². The molecule has 22 heavy (non-hydrogen) atoms. The van der Waals surface area contributed by atoms with Crippen LogP contribution < -0.4 is 11.1 Å².